The molecule has 4 rings (SSSR count). The van der Waals surface area contributed by atoms with Gasteiger partial charge in [-0.2, -0.15) is 13.9 Å². The number of benzene rings is 1. The Hall–Kier alpha value is -3.04. The van der Waals surface area contributed by atoms with Crippen LogP contribution in [0.15, 0.2) is 59.8 Å². The second-order valence-electron chi connectivity index (χ2n) is 7.14. The quantitative estimate of drug-likeness (QED) is 0.634. The molecular formula is C21H23N5O3S. The maximum absolute atomic E-state index is 12.8. The van der Waals surface area contributed by atoms with E-state index in [0.29, 0.717) is 24.6 Å². The van der Waals surface area contributed by atoms with Crippen molar-refractivity contribution in [2.75, 3.05) is 18.4 Å². The molecule has 3 aromatic rings. The summed E-state index contributed by atoms with van der Waals surface area (Å²) in [6.07, 6.45) is 10.2. The van der Waals surface area contributed by atoms with Crippen molar-refractivity contribution in [1.29, 1.82) is 0 Å². The molecule has 1 saturated heterocycles. The first-order valence-electron chi connectivity index (χ1n) is 9.92. The zero-order valence-corrected chi connectivity index (χ0v) is 17.3. The minimum atomic E-state index is -3.48. The largest absolute Gasteiger partial charge is 0.307 e. The predicted molar refractivity (Wildman–Crippen MR) is 114 cm³/mol. The Morgan fingerprint density at radius 1 is 0.967 bits per heavy atom. The lowest BCUT2D eigenvalue weighted by molar-refractivity contribution is -0.111. The van der Waals surface area contributed by atoms with Gasteiger partial charge in [0.05, 0.1) is 11.1 Å². The number of hydrogen-bond acceptors (Lipinski definition) is 5. The molecule has 1 fully saturated rings. The van der Waals surface area contributed by atoms with E-state index in [4.69, 9.17) is 0 Å². The molecule has 1 N–H and O–H groups in total. The van der Waals surface area contributed by atoms with Crippen LogP contribution in [0.5, 0.6) is 0 Å². The molecule has 2 aromatic heterocycles. The van der Waals surface area contributed by atoms with Crippen LogP contribution < -0.4 is 5.32 Å². The topological polar surface area (TPSA) is 96.7 Å². The molecule has 1 aliphatic rings. The third kappa shape index (κ3) is 4.42. The third-order valence-electron chi connectivity index (χ3n) is 5.05. The standard InChI is InChI=1S/C21H23N5O3S/c27-21(24-20-11-13-22-19-12-14-23-26(19)20)10-7-17-5-8-18(9-6-17)30(28,29)25-15-3-1-2-4-16-25/h5-14H,1-4,15-16H2,(H,24,27)/b10-7+. The van der Waals surface area contributed by atoms with Gasteiger partial charge in [-0.15, -0.1) is 0 Å². The van der Waals surface area contributed by atoms with E-state index in [1.807, 2.05) is 0 Å². The molecule has 0 radical (unpaired) electrons. The number of nitrogens with one attached hydrogen (secondary N) is 1. The number of amides is 1. The molecule has 8 nitrogen and oxygen atoms in total. The molecule has 156 valence electrons. The van der Waals surface area contributed by atoms with Crippen molar-refractivity contribution in [2.45, 2.75) is 30.6 Å². The second-order valence-corrected chi connectivity index (χ2v) is 9.08. The molecule has 0 spiro atoms. The number of nitrogens with zero attached hydrogens (tertiary/aromatic N) is 4. The minimum Gasteiger partial charge on any atom is -0.307 e. The van der Waals surface area contributed by atoms with Gasteiger partial charge in [0.15, 0.2) is 5.65 Å². The van der Waals surface area contributed by atoms with Gasteiger partial charge in [0.25, 0.3) is 0 Å². The molecule has 1 aliphatic heterocycles. The summed E-state index contributed by atoms with van der Waals surface area (Å²) < 4.78 is 28.8. The molecule has 3 heterocycles. The number of carbonyl (C=O) groups is 1. The fraction of sp³-hybridized carbons (Fsp3) is 0.286. The highest BCUT2D eigenvalue weighted by Gasteiger charge is 2.24. The summed E-state index contributed by atoms with van der Waals surface area (Å²) >= 11 is 0. The highest BCUT2D eigenvalue weighted by Crippen LogP contribution is 2.21. The Kier molecular flexibility index (Phi) is 5.91. The molecule has 0 unspecified atom stereocenters. The number of aromatic nitrogens is 3. The van der Waals surface area contributed by atoms with Crippen LogP contribution in [0.1, 0.15) is 31.2 Å². The maximum atomic E-state index is 12.8. The van der Waals surface area contributed by atoms with E-state index in [-0.39, 0.29) is 10.8 Å². The fourth-order valence-electron chi connectivity index (χ4n) is 3.45. The normalized spacial score (nSPS) is 16.0. The van der Waals surface area contributed by atoms with Crippen LogP contribution in [0, 0.1) is 0 Å². The van der Waals surface area contributed by atoms with Gasteiger partial charge in [-0.25, -0.2) is 13.4 Å². The van der Waals surface area contributed by atoms with Crippen LogP contribution >= 0.6 is 0 Å². The van der Waals surface area contributed by atoms with Crippen molar-refractivity contribution in [2.24, 2.45) is 0 Å². The molecule has 9 heteroatoms. The lowest BCUT2D eigenvalue weighted by atomic mass is 10.2. The number of anilines is 1. The molecule has 0 saturated carbocycles. The van der Waals surface area contributed by atoms with Crippen molar-refractivity contribution in [1.82, 2.24) is 18.9 Å². The lowest BCUT2D eigenvalue weighted by Gasteiger charge is -2.19. The summed E-state index contributed by atoms with van der Waals surface area (Å²) in [7, 11) is -3.48. The van der Waals surface area contributed by atoms with Crippen LogP contribution in [0.25, 0.3) is 11.7 Å². The van der Waals surface area contributed by atoms with Crippen molar-refractivity contribution < 1.29 is 13.2 Å². The number of hydrogen-bond donors (Lipinski definition) is 1. The monoisotopic (exact) mass is 425 g/mol. The number of carbonyl (C=O) groups excluding carboxylic acids is 1. The van der Waals surface area contributed by atoms with Gasteiger partial charge in [0.1, 0.15) is 5.82 Å². The SMILES string of the molecule is O=C(/C=C/c1ccc(S(=O)(=O)N2CCCCCC2)cc1)Nc1ccnc2ccnn12. The first-order chi connectivity index (χ1) is 14.5. The molecule has 0 bridgehead atoms. The number of fused-ring (bicyclic) bond motifs is 1. The molecule has 30 heavy (non-hydrogen) atoms. The van der Waals surface area contributed by atoms with Crippen LogP contribution in [-0.4, -0.2) is 46.3 Å². The summed E-state index contributed by atoms with van der Waals surface area (Å²) in [6, 6.07) is 9.99. The maximum Gasteiger partial charge on any atom is 0.249 e. The summed E-state index contributed by atoms with van der Waals surface area (Å²) in [5, 5.41) is 6.88. The van der Waals surface area contributed by atoms with E-state index in [0.717, 1.165) is 31.2 Å². The van der Waals surface area contributed by atoms with E-state index in [1.165, 1.54) is 10.6 Å². The summed E-state index contributed by atoms with van der Waals surface area (Å²) in [6.45, 7) is 1.14. The van der Waals surface area contributed by atoms with E-state index in [2.05, 4.69) is 15.4 Å². The Morgan fingerprint density at radius 3 is 2.43 bits per heavy atom. The zero-order valence-electron chi connectivity index (χ0n) is 16.4. The first kappa shape index (κ1) is 20.2. The van der Waals surface area contributed by atoms with Crippen LogP contribution in [0.4, 0.5) is 5.82 Å². The van der Waals surface area contributed by atoms with Gasteiger partial charge in [-0.05, 0) is 42.7 Å². The minimum absolute atomic E-state index is 0.281. The van der Waals surface area contributed by atoms with Crippen LogP contribution in [-0.2, 0) is 14.8 Å². The molecule has 0 atom stereocenters. The van der Waals surface area contributed by atoms with Crippen molar-refractivity contribution in [3.05, 3.63) is 60.4 Å². The van der Waals surface area contributed by atoms with E-state index in [1.54, 1.807) is 59.2 Å². The predicted octanol–water partition coefficient (Wildman–Crippen LogP) is 2.95. The Bertz CT molecular complexity index is 1160. The first-order valence-corrected chi connectivity index (χ1v) is 11.4. The Labute approximate surface area is 175 Å². The zero-order chi connectivity index (χ0) is 21.0. The van der Waals surface area contributed by atoms with Crippen LogP contribution in [0.3, 0.4) is 0 Å². The average molecular weight is 426 g/mol. The molecule has 1 amide bonds. The number of sulfonamides is 1. The molecule has 1 aromatic carbocycles. The van der Waals surface area contributed by atoms with Gasteiger partial charge in [0.2, 0.25) is 15.9 Å². The Morgan fingerprint density at radius 2 is 1.70 bits per heavy atom. The Balaban J connectivity index is 1.43. The van der Waals surface area contributed by atoms with Crippen LogP contribution in [0.2, 0.25) is 0 Å². The van der Waals surface area contributed by atoms with Gasteiger partial charge >= 0.3 is 0 Å². The van der Waals surface area contributed by atoms with E-state index < -0.39 is 10.0 Å². The fourth-order valence-corrected chi connectivity index (χ4v) is 4.97. The summed E-state index contributed by atoms with van der Waals surface area (Å²) in [5.41, 5.74) is 1.37. The van der Waals surface area contributed by atoms with Gasteiger partial charge < -0.3 is 5.32 Å². The smallest absolute Gasteiger partial charge is 0.249 e. The van der Waals surface area contributed by atoms with Crippen molar-refractivity contribution in [3.63, 3.8) is 0 Å². The highest BCUT2D eigenvalue weighted by molar-refractivity contribution is 7.89. The van der Waals surface area contributed by atoms with Gasteiger partial charge in [0, 0.05) is 31.4 Å². The van der Waals surface area contributed by atoms with Gasteiger partial charge in [-0.3, -0.25) is 4.79 Å². The van der Waals surface area contributed by atoms with Crippen molar-refractivity contribution in [3.8, 4) is 0 Å². The summed E-state index contributed by atoms with van der Waals surface area (Å²) in [5.74, 6) is 0.192. The molecular weight excluding hydrogens is 402 g/mol. The highest BCUT2D eigenvalue weighted by atomic mass is 32.2. The molecule has 0 aliphatic carbocycles. The van der Waals surface area contributed by atoms with E-state index in [9.17, 15) is 13.2 Å². The average Bonchev–Trinajstić information content (AvgIpc) is 3.06. The lowest BCUT2D eigenvalue weighted by Crippen LogP contribution is -2.31. The van der Waals surface area contributed by atoms with Gasteiger partial charge in [-0.1, -0.05) is 25.0 Å². The third-order valence-corrected chi connectivity index (χ3v) is 6.96. The number of rotatable bonds is 5. The van der Waals surface area contributed by atoms with Crippen molar-refractivity contribution >= 4 is 33.5 Å². The summed E-state index contributed by atoms with van der Waals surface area (Å²) in [4.78, 5) is 16.7. The van der Waals surface area contributed by atoms with E-state index >= 15 is 0 Å². The second kappa shape index (κ2) is 8.76.